The normalized spacial score (nSPS) is 13.9. The topological polar surface area (TPSA) is 63.8 Å². The average molecular weight is 340 g/mol. The van der Waals surface area contributed by atoms with Crippen molar-refractivity contribution in [3.63, 3.8) is 0 Å². The van der Waals surface area contributed by atoms with Gasteiger partial charge in [-0.1, -0.05) is 29.1 Å². The van der Waals surface area contributed by atoms with Gasteiger partial charge in [0, 0.05) is 29.7 Å². The van der Waals surface area contributed by atoms with Crippen LogP contribution in [0.4, 0.5) is 5.82 Å². The number of anilines is 1. The third kappa shape index (κ3) is 2.98. The van der Waals surface area contributed by atoms with E-state index in [1.807, 2.05) is 18.2 Å². The summed E-state index contributed by atoms with van der Waals surface area (Å²) >= 11 is 1.62. The van der Waals surface area contributed by atoms with Crippen LogP contribution in [0, 0.1) is 0 Å². The highest BCUT2D eigenvalue weighted by Gasteiger charge is 2.19. The lowest BCUT2D eigenvalue weighted by molar-refractivity contribution is 0.369. The van der Waals surface area contributed by atoms with Crippen LogP contribution in [0.15, 0.2) is 33.9 Å². The minimum Gasteiger partial charge on any atom is -0.370 e. The molecule has 24 heavy (non-hydrogen) atoms. The van der Waals surface area contributed by atoms with Gasteiger partial charge in [-0.2, -0.15) is 0 Å². The Morgan fingerprint density at radius 1 is 1.17 bits per heavy atom. The van der Waals surface area contributed by atoms with Gasteiger partial charge in [0.05, 0.1) is 11.2 Å². The summed E-state index contributed by atoms with van der Waals surface area (Å²) in [5.41, 5.74) is 3.33. The monoisotopic (exact) mass is 340 g/mol. The Bertz CT molecular complexity index is 861. The Hall–Kier alpha value is -2.08. The van der Waals surface area contributed by atoms with Crippen molar-refractivity contribution in [2.45, 2.75) is 43.5 Å². The van der Waals surface area contributed by atoms with E-state index in [1.54, 1.807) is 11.8 Å². The molecule has 0 saturated carbocycles. The van der Waals surface area contributed by atoms with E-state index >= 15 is 0 Å². The maximum atomic E-state index is 5.49. The number of benzene rings is 1. The Labute approximate surface area is 145 Å². The molecule has 0 amide bonds. The van der Waals surface area contributed by atoms with Crippen LogP contribution >= 0.6 is 11.8 Å². The number of hydrogen-bond donors (Lipinski definition) is 1. The van der Waals surface area contributed by atoms with Gasteiger partial charge >= 0.3 is 0 Å². The number of thioether (sulfide) groups is 1. The molecule has 0 spiro atoms. The standard InChI is InChI=1S/C18H20N4OS/c1-2-19-17-13-8-3-5-9-14(13)20-18(21-17)24-11-15-12-7-4-6-10-16(12)23-22-15/h3,5,8-9H,2,4,6-7,10-11H2,1H3,(H,19,20,21). The van der Waals surface area contributed by atoms with Gasteiger partial charge in [-0.15, -0.1) is 0 Å². The lowest BCUT2D eigenvalue weighted by Gasteiger charge is -2.10. The highest BCUT2D eigenvalue weighted by molar-refractivity contribution is 7.98. The molecule has 0 bridgehead atoms. The first-order chi connectivity index (χ1) is 11.8. The first-order valence-corrected chi connectivity index (χ1v) is 9.43. The van der Waals surface area contributed by atoms with Crippen LogP contribution < -0.4 is 5.32 Å². The van der Waals surface area contributed by atoms with E-state index in [1.165, 1.54) is 18.4 Å². The highest BCUT2D eigenvalue weighted by atomic mass is 32.2. The summed E-state index contributed by atoms with van der Waals surface area (Å²) in [6, 6.07) is 8.10. The molecule has 0 atom stereocenters. The molecular weight excluding hydrogens is 320 g/mol. The predicted molar refractivity (Wildman–Crippen MR) is 96.4 cm³/mol. The van der Waals surface area contributed by atoms with E-state index < -0.39 is 0 Å². The van der Waals surface area contributed by atoms with Crippen molar-refractivity contribution in [1.29, 1.82) is 0 Å². The molecule has 1 aromatic carbocycles. The minimum atomic E-state index is 0.753. The predicted octanol–water partition coefficient (Wildman–Crippen LogP) is 4.22. The van der Waals surface area contributed by atoms with Crippen molar-refractivity contribution in [3.05, 3.63) is 41.3 Å². The van der Waals surface area contributed by atoms with Crippen LogP contribution in [0.5, 0.6) is 0 Å². The molecule has 0 aliphatic heterocycles. The molecule has 0 unspecified atom stereocenters. The zero-order chi connectivity index (χ0) is 16.4. The quantitative estimate of drug-likeness (QED) is 0.554. The third-order valence-electron chi connectivity index (χ3n) is 4.30. The van der Waals surface area contributed by atoms with Crippen LogP contribution in [0.25, 0.3) is 10.9 Å². The summed E-state index contributed by atoms with van der Waals surface area (Å²) in [6.45, 7) is 2.91. The Morgan fingerprint density at radius 3 is 2.96 bits per heavy atom. The summed E-state index contributed by atoms with van der Waals surface area (Å²) in [4.78, 5) is 9.37. The number of nitrogens with zero attached hydrogens (tertiary/aromatic N) is 3. The molecule has 2 aromatic heterocycles. The molecule has 0 saturated heterocycles. The van der Waals surface area contributed by atoms with E-state index in [9.17, 15) is 0 Å². The molecular formula is C18H20N4OS. The summed E-state index contributed by atoms with van der Waals surface area (Å²) in [6.07, 6.45) is 4.53. The smallest absolute Gasteiger partial charge is 0.190 e. The number of aromatic nitrogens is 3. The summed E-state index contributed by atoms with van der Waals surface area (Å²) in [5.74, 6) is 2.72. The van der Waals surface area contributed by atoms with Crippen molar-refractivity contribution in [1.82, 2.24) is 15.1 Å². The Morgan fingerprint density at radius 2 is 2.04 bits per heavy atom. The Kier molecular flexibility index (Phi) is 4.38. The molecule has 6 heteroatoms. The minimum absolute atomic E-state index is 0.753. The van der Waals surface area contributed by atoms with Gasteiger partial charge in [0.2, 0.25) is 0 Å². The van der Waals surface area contributed by atoms with Gasteiger partial charge in [-0.05, 0) is 38.3 Å². The van der Waals surface area contributed by atoms with Crippen LogP contribution in [-0.4, -0.2) is 21.7 Å². The first-order valence-electron chi connectivity index (χ1n) is 8.45. The van der Waals surface area contributed by atoms with Crippen molar-refractivity contribution < 1.29 is 4.52 Å². The first kappa shape index (κ1) is 15.4. The van der Waals surface area contributed by atoms with Crippen molar-refractivity contribution in [3.8, 4) is 0 Å². The van der Waals surface area contributed by atoms with E-state index in [4.69, 9.17) is 4.52 Å². The third-order valence-corrected chi connectivity index (χ3v) is 5.16. The Balaban J connectivity index is 1.59. The SMILES string of the molecule is CCNc1nc(SCc2noc3c2CCCC3)nc2ccccc12. The van der Waals surface area contributed by atoms with Crippen LogP contribution in [0.3, 0.4) is 0 Å². The fourth-order valence-corrected chi connectivity index (χ4v) is 3.93. The van der Waals surface area contributed by atoms with Crippen LogP contribution in [-0.2, 0) is 18.6 Å². The molecule has 1 N–H and O–H groups in total. The highest BCUT2D eigenvalue weighted by Crippen LogP contribution is 2.30. The molecule has 2 heterocycles. The number of hydrogen-bond acceptors (Lipinski definition) is 6. The van der Waals surface area contributed by atoms with Gasteiger partial charge in [0.15, 0.2) is 5.16 Å². The van der Waals surface area contributed by atoms with E-state index in [2.05, 4.69) is 33.4 Å². The van der Waals surface area contributed by atoms with Gasteiger partial charge in [0.25, 0.3) is 0 Å². The van der Waals surface area contributed by atoms with E-state index in [0.717, 1.165) is 58.5 Å². The fourth-order valence-electron chi connectivity index (χ4n) is 3.12. The van der Waals surface area contributed by atoms with Crippen molar-refractivity contribution in [2.75, 3.05) is 11.9 Å². The van der Waals surface area contributed by atoms with Crippen LogP contribution in [0.2, 0.25) is 0 Å². The molecule has 0 radical (unpaired) electrons. The van der Waals surface area contributed by atoms with Gasteiger partial charge < -0.3 is 9.84 Å². The van der Waals surface area contributed by atoms with Crippen LogP contribution in [0.1, 0.15) is 36.8 Å². The lowest BCUT2D eigenvalue weighted by Crippen LogP contribution is -2.03. The molecule has 0 fully saturated rings. The largest absolute Gasteiger partial charge is 0.370 e. The number of para-hydroxylation sites is 1. The zero-order valence-electron chi connectivity index (χ0n) is 13.7. The zero-order valence-corrected chi connectivity index (χ0v) is 14.5. The maximum Gasteiger partial charge on any atom is 0.190 e. The molecule has 1 aliphatic carbocycles. The second-order valence-corrected chi connectivity index (χ2v) is 6.87. The maximum absolute atomic E-state index is 5.49. The second kappa shape index (κ2) is 6.81. The fraction of sp³-hybridized carbons (Fsp3) is 0.389. The van der Waals surface area contributed by atoms with E-state index in [-0.39, 0.29) is 0 Å². The molecule has 4 rings (SSSR count). The number of aryl methyl sites for hydroxylation is 1. The molecule has 124 valence electrons. The summed E-state index contributed by atoms with van der Waals surface area (Å²) in [7, 11) is 0. The number of nitrogens with one attached hydrogen (secondary N) is 1. The van der Waals surface area contributed by atoms with Gasteiger partial charge in [-0.25, -0.2) is 9.97 Å². The van der Waals surface area contributed by atoms with Crippen molar-refractivity contribution in [2.24, 2.45) is 0 Å². The number of rotatable bonds is 5. The lowest BCUT2D eigenvalue weighted by atomic mass is 9.97. The van der Waals surface area contributed by atoms with Crippen molar-refractivity contribution >= 4 is 28.5 Å². The second-order valence-electron chi connectivity index (χ2n) is 5.93. The summed E-state index contributed by atoms with van der Waals surface area (Å²) < 4.78 is 5.49. The number of fused-ring (bicyclic) bond motifs is 2. The average Bonchev–Trinajstić information content (AvgIpc) is 3.03. The summed E-state index contributed by atoms with van der Waals surface area (Å²) in [5, 5.41) is 9.44. The van der Waals surface area contributed by atoms with E-state index in [0.29, 0.717) is 0 Å². The molecule has 1 aliphatic rings. The van der Waals surface area contributed by atoms with Gasteiger partial charge in [-0.3, -0.25) is 0 Å². The molecule has 3 aromatic rings. The molecule has 5 nitrogen and oxygen atoms in total. The van der Waals surface area contributed by atoms with Gasteiger partial charge in [0.1, 0.15) is 11.6 Å².